The van der Waals surface area contributed by atoms with E-state index in [0.29, 0.717) is 0 Å². The molecular formula is C4H12KNO3. The molecule has 4 nitrogen and oxygen atoms in total. The van der Waals surface area contributed by atoms with Crippen LogP contribution >= 0.6 is 0 Å². The van der Waals surface area contributed by atoms with E-state index in [9.17, 15) is 0 Å². The Morgan fingerprint density at radius 1 is 1.33 bits per heavy atom. The summed E-state index contributed by atoms with van der Waals surface area (Å²) in [5, 5.41) is 13.9. The molecule has 0 aromatic heterocycles. The molecule has 0 aromatic rings. The molecule has 0 spiro atoms. The second kappa shape index (κ2) is 11.6. The first-order valence-corrected chi connectivity index (χ1v) is 1.99. The Labute approximate surface area is 98.8 Å². The Balaban J connectivity index is -0.0000000300. The molecule has 0 fully saturated rings. The van der Waals surface area contributed by atoms with Crippen LogP contribution in [-0.4, -0.2) is 42.4 Å². The van der Waals surface area contributed by atoms with Gasteiger partial charge in [0.05, 0.1) is 0 Å². The fourth-order valence-electron chi connectivity index (χ4n) is 0. The molecule has 0 aromatic carbocycles. The van der Waals surface area contributed by atoms with E-state index in [4.69, 9.17) is 15.0 Å². The van der Waals surface area contributed by atoms with Crippen molar-refractivity contribution in [3.63, 3.8) is 0 Å². The molecule has 0 heterocycles. The molecule has 0 saturated carbocycles. The summed E-state index contributed by atoms with van der Waals surface area (Å²) in [6.45, 7) is 0. The van der Waals surface area contributed by atoms with Crippen LogP contribution in [0.4, 0.5) is 4.79 Å². The number of carboxylic acid groups (broad SMARTS) is 2. The Morgan fingerprint density at radius 2 is 1.33 bits per heavy atom. The van der Waals surface area contributed by atoms with Crippen LogP contribution in [0.5, 0.6) is 0 Å². The summed E-state index contributed by atoms with van der Waals surface area (Å²) in [5.41, 5.74) is 0. The second-order valence-electron chi connectivity index (χ2n) is 1.62. The first-order valence-electron chi connectivity index (χ1n) is 1.99. The van der Waals surface area contributed by atoms with Crippen molar-refractivity contribution in [1.29, 1.82) is 0 Å². The first kappa shape index (κ1) is 16.5. The van der Waals surface area contributed by atoms with Crippen LogP contribution in [0.1, 0.15) is 1.43 Å². The molecule has 0 aliphatic carbocycles. The molecule has 0 aliphatic heterocycles. The van der Waals surface area contributed by atoms with Crippen LogP contribution < -0.4 is 51.4 Å². The fraction of sp³-hybridized carbons (Fsp3) is 0.750. The Bertz CT molecular complexity index is 64.8. The van der Waals surface area contributed by atoms with Crippen molar-refractivity contribution in [2.45, 2.75) is 0 Å². The molecule has 0 rings (SSSR count). The van der Waals surface area contributed by atoms with E-state index in [1.165, 1.54) is 0 Å². The van der Waals surface area contributed by atoms with E-state index in [1.54, 1.807) is 0 Å². The van der Waals surface area contributed by atoms with Crippen molar-refractivity contribution >= 4 is 6.16 Å². The topological polar surface area (TPSA) is 60.8 Å². The van der Waals surface area contributed by atoms with E-state index in [2.05, 4.69) is 0 Å². The van der Waals surface area contributed by atoms with E-state index in [0.717, 1.165) is 0 Å². The number of hydrogen-bond donors (Lipinski definition) is 2. The van der Waals surface area contributed by atoms with E-state index in [1.807, 2.05) is 26.0 Å². The van der Waals surface area contributed by atoms with E-state index >= 15 is 0 Å². The molecule has 0 radical (unpaired) electrons. The van der Waals surface area contributed by atoms with Gasteiger partial charge in [0, 0.05) is 0 Å². The SMILES string of the molecule is CN(C)C.O=C(O)O.[H-].[K+]. The van der Waals surface area contributed by atoms with Crippen molar-refractivity contribution in [1.82, 2.24) is 4.90 Å². The van der Waals surface area contributed by atoms with Gasteiger partial charge in [0.25, 0.3) is 0 Å². The molecular weight excluding hydrogens is 149 g/mol. The fourth-order valence-corrected chi connectivity index (χ4v) is 0. The number of rotatable bonds is 0. The monoisotopic (exact) mass is 161 g/mol. The van der Waals surface area contributed by atoms with Crippen LogP contribution in [0, 0.1) is 0 Å². The van der Waals surface area contributed by atoms with Gasteiger partial charge in [-0.1, -0.05) is 0 Å². The molecule has 0 amide bonds. The maximum absolute atomic E-state index is 8.56. The first-order chi connectivity index (χ1) is 3.46. The molecule has 0 atom stereocenters. The zero-order valence-corrected chi connectivity index (χ0v) is 9.37. The van der Waals surface area contributed by atoms with Gasteiger partial charge < -0.3 is 16.5 Å². The van der Waals surface area contributed by atoms with Crippen LogP contribution in [0.15, 0.2) is 0 Å². The second-order valence-corrected chi connectivity index (χ2v) is 1.62. The van der Waals surface area contributed by atoms with Gasteiger partial charge in [0.1, 0.15) is 0 Å². The van der Waals surface area contributed by atoms with Crippen molar-refractivity contribution in [3.05, 3.63) is 0 Å². The summed E-state index contributed by atoms with van der Waals surface area (Å²) in [7, 11) is 6.00. The summed E-state index contributed by atoms with van der Waals surface area (Å²) >= 11 is 0. The molecule has 9 heavy (non-hydrogen) atoms. The van der Waals surface area contributed by atoms with Gasteiger partial charge >= 0.3 is 57.5 Å². The van der Waals surface area contributed by atoms with Crippen LogP contribution in [0.25, 0.3) is 0 Å². The Kier molecular flexibility index (Phi) is 21.3. The maximum atomic E-state index is 8.56. The minimum atomic E-state index is -1.83. The summed E-state index contributed by atoms with van der Waals surface area (Å²) in [5.74, 6) is 0. The van der Waals surface area contributed by atoms with Gasteiger partial charge in [-0.05, 0) is 21.1 Å². The normalized spacial score (nSPS) is 6.67. The standard InChI is InChI=1S/C3H9N.CH2O3.K.H/c1-4(2)3;2-1(3)4;;/h1-3H3;(H2,2,3,4);;/q;;+1;-1. The number of nitrogens with zero attached hydrogens (tertiary/aromatic N) is 1. The van der Waals surface area contributed by atoms with Gasteiger partial charge in [-0.2, -0.15) is 0 Å². The van der Waals surface area contributed by atoms with E-state index < -0.39 is 6.16 Å². The van der Waals surface area contributed by atoms with Crippen molar-refractivity contribution in [2.75, 3.05) is 21.1 Å². The average molecular weight is 161 g/mol. The smallest absolute Gasteiger partial charge is 1.00 e. The molecule has 0 unspecified atom stereocenters. The predicted octanol–water partition coefficient (Wildman–Crippen LogP) is -2.48. The summed E-state index contributed by atoms with van der Waals surface area (Å²) in [6.07, 6.45) is -1.83. The quantitative estimate of drug-likeness (QED) is 0.386. The molecule has 0 aliphatic rings. The Hall–Kier alpha value is 0.866. The molecule has 2 N–H and O–H groups in total. The van der Waals surface area contributed by atoms with Crippen molar-refractivity contribution in [3.8, 4) is 0 Å². The van der Waals surface area contributed by atoms with Crippen LogP contribution in [0.2, 0.25) is 0 Å². The minimum Gasteiger partial charge on any atom is -1.00 e. The predicted molar refractivity (Wildman–Crippen MR) is 31.4 cm³/mol. The Morgan fingerprint density at radius 3 is 1.33 bits per heavy atom. The summed E-state index contributed by atoms with van der Waals surface area (Å²) < 4.78 is 0. The van der Waals surface area contributed by atoms with Crippen LogP contribution in [0.3, 0.4) is 0 Å². The zero-order valence-electron chi connectivity index (χ0n) is 7.25. The van der Waals surface area contributed by atoms with Crippen molar-refractivity contribution < 1.29 is 67.8 Å². The van der Waals surface area contributed by atoms with Crippen molar-refractivity contribution in [2.24, 2.45) is 0 Å². The summed E-state index contributed by atoms with van der Waals surface area (Å²) in [6, 6.07) is 0. The van der Waals surface area contributed by atoms with Gasteiger partial charge in [-0.15, -0.1) is 0 Å². The molecule has 0 saturated heterocycles. The third kappa shape index (κ3) is 557. The van der Waals surface area contributed by atoms with Gasteiger partial charge in [0.15, 0.2) is 0 Å². The third-order valence-electron chi connectivity index (χ3n) is 0. The van der Waals surface area contributed by atoms with E-state index in [-0.39, 0.29) is 52.8 Å². The van der Waals surface area contributed by atoms with Gasteiger partial charge in [0.2, 0.25) is 0 Å². The molecule has 0 bridgehead atoms. The van der Waals surface area contributed by atoms with Crippen LogP contribution in [-0.2, 0) is 0 Å². The largest absolute Gasteiger partial charge is 1.00 e. The summed E-state index contributed by atoms with van der Waals surface area (Å²) in [4.78, 5) is 10.6. The number of carbonyl (C=O) groups is 1. The van der Waals surface area contributed by atoms with Gasteiger partial charge in [-0.3, -0.25) is 0 Å². The maximum Gasteiger partial charge on any atom is 1.00 e. The molecule has 5 heteroatoms. The average Bonchev–Trinajstić information content (AvgIpc) is 1.25. The molecule has 52 valence electrons. The number of hydrogen-bond acceptors (Lipinski definition) is 2. The third-order valence-corrected chi connectivity index (χ3v) is 0. The minimum absolute atomic E-state index is 0. The zero-order chi connectivity index (χ0) is 7.15. The van der Waals surface area contributed by atoms with Gasteiger partial charge in [-0.25, -0.2) is 4.79 Å².